The van der Waals surface area contributed by atoms with E-state index < -0.39 is 0 Å². The summed E-state index contributed by atoms with van der Waals surface area (Å²) in [5.41, 5.74) is 0.701. The van der Waals surface area contributed by atoms with Gasteiger partial charge in [-0.3, -0.25) is 14.5 Å². The molecule has 1 atom stereocenters. The molecule has 5 heteroatoms. The Morgan fingerprint density at radius 3 is 2.80 bits per heavy atom. The molecule has 1 unspecified atom stereocenters. The molecule has 0 radical (unpaired) electrons. The quantitative estimate of drug-likeness (QED) is 0.773. The highest BCUT2D eigenvalue weighted by Crippen LogP contribution is 2.24. The van der Waals surface area contributed by atoms with Gasteiger partial charge in [-0.1, -0.05) is 12.1 Å². The third kappa shape index (κ3) is 5.30. The number of Topliss-reactive ketones (excluding diaryl/α,β-unsaturated/α-hetero) is 1. The molecule has 5 nitrogen and oxygen atoms in total. The molecule has 1 aromatic rings. The van der Waals surface area contributed by atoms with Crippen LogP contribution in [-0.2, 0) is 4.79 Å². The van der Waals surface area contributed by atoms with Gasteiger partial charge in [-0.15, -0.1) is 0 Å². The minimum absolute atomic E-state index is 0.0447. The van der Waals surface area contributed by atoms with Gasteiger partial charge in [-0.2, -0.15) is 0 Å². The largest absolute Gasteiger partial charge is 0.491 e. The fraction of sp³-hybridized carbons (Fsp3) is 0.600. The predicted octanol–water partition coefficient (Wildman–Crippen LogP) is 2.65. The summed E-state index contributed by atoms with van der Waals surface area (Å²) < 4.78 is 5.69. The van der Waals surface area contributed by atoms with E-state index in [2.05, 4.69) is 10.2 Å². The highest BCUT2D eigenvalue weighted by molar-refractivity contribution is 5.98. The van der Waals surface area contributed by atoms with Crippen LogP contribution in [0.4, 0.5) is 0 Å². The maximum atomic E-state index is 12.9. The zero-order valence-corrected chi connectivity index (χ0v) is 15.2. The summed E-state index contributed by atoms with van der Waals surface area (Å²) in [7, 11) is 0. The normalized spacial score (nSPS) is 21.2. The molecular weight excluding hydrogens is 316 g/mol. The van der Waals surface area contributed by atoms with E-state index in [1.807, 2.05) is 38.1 Å². The molecule has 136 valence electrons. The van der Waals surface area contributed by atoms with Gasteiger partial charge >= 0.3 is 0 Å². The highest BCUT2D eigenvalue weighted by Gasteiger charge is 2.29. The van der Waals surface area contributed by atoms with Gasteiger partial charge < -0.3 is 10.1 Å². The Morgan fingerprint density at radius 2 is 2.08 bits per heavy atom. The average molecular weight is 344 g/mol. The Hall–Kier alpha value is -1.88. The SMILES string of the molecule is CC(C)Oc1cccc(C(=O)C2CCCN(CC(=O)NC3CC3)C2)c1. The number of hydrogen-bond acceptors (Lipinski definition) is 4. The molecule has 1 N–H and O–H groups in total. The number of nitrogens with zero attached hydrogens (tertiary/aromatic N) is 1. The Morgan fingerprint density at radius 1 is 1.28 bits per heavy atom. The Kier molecular flexibility index (Phi) is 5.74. The Balaban J connectivity index is 1.58. The second-order valence-corrected chi connectivity index (χ2v) is 7.47. The molecule has 1 aromatic carbocycles. The van der Waals surface area contributed by atoms with Crippen LogP contribution in [0.5, 0.6) is 5.75 Å². The van der Waals surface area contributed by atoms with Crippen LogP contribution in [0.15, 0.2) is 24.3 Å². The number of benzene rings is 1. The fourth-order valence-electron chi connectivity index (χ4n) is 3.35. The van der Waals surface area contributed by atoms with Gasteiger partial charge in [-0.25, -0.2) is 0 Å². The zero-order valence-electron chi connectivity index (χ0n) is 15.2. The van der Waals surface area contributed by atoms with Gasteiger partial charge in [0.1, 0.15) is 5.75 Å². The molecule has 3 rings (SSSR count). The van der Waals surface area contributed by atoms with Crippen LogP contribution in [0.3, 0.4) is 0 Å². The van der Waals surface area contributed by atoms with Crippen molar-refractivity contribution in [3.05, 3.63) is 29.8 Å². The molecule has 2 fully saturated rings. The first-order chi connectivity index (χ1) is 12.0. The van der Waals surface area contributed by atoms with E-state index in [0.717, 1.165) is 38.0 Å². The number of likely N-dealkylation sites (tertiary alicyclic amines) is 1. The van der Waals surface area contributed by atoms with Crippen LogP contribution >= 0.6 is 0 Å². The van der Waals surface area contributed by atoms with E-state index in [4.69, 9.17) is 4.74 Å². The molecule has 0 spiro atoms. The second kappa shape index (κ2) is 8.00. The van der Waals surface area contributed by atoms with Crippen LogP contribution in [0.25, 0.3) is 0 Å². The standard InChI is InChI=1S/C20H28N2O3/c1-14(2)25-18-7-3-5-15(11-18)20(24)16-6-4-10-22(12-16)13-19(23)21-17-8-9-17/h3,5,7,11,14,16-17H,4,6,8-10,12-13H2,1-2H3,(H,21,23). The summed E-state index contributed by atoms with van der Waals surface area (Å²) in [5, 5.41) is 3.02. The Labute approximate surface area is 149 Å². The maximum absolute atomic E-state index is 12.9. The first kappa shape index (κ1) is 17.9. The van der Waals surface area contributed by atoms with Crippen molar-refractivity contribution in [2.75, 3.05) is 19.6 Å². The van der Waals surface area contributed by atoms with Crippen molar-refractivity contribution in [3.63, 3.8) is 0 Å². The third-order valence-electron chi connectivity index (χ3n) is 4.68. The molecule has 0 bridgehead atoms. The first-order valence-electron chi connectivity index (χ1n) is 9.34. The van der Waals surface area contributed by atoms with Crippen molar-refractivity contribution in [3.8, 4) is 5.75 Å². The van der Waals surface area contributed by atoms with Gasteiger partial charge in [0.2, 0.25) is 5.91 Å². The number of carbonyl (C=O) groups excluding carboxylic acids is 2. The van der Waals surface area contributed by atoms with E-state index in [0.29, 0.717) is 24.7 Å². The summed E-state index contributed by atoms with van der Waals surface area (Å²) in [6.07, 6.45) is 4.12. The fourth-order valence-corrected chi connectivity index (χ4v) is 3.35. The first-order valence-corrected chi connectivity index (χ1v) is 9.34. The summed E-state index contributed by atoms with van der Waals surface area (Å²) in [5.74, 6) is 0.929. The predicted molar refractivity (Wildman–Crippen MR) is 96.9 cm³/mol. The van der Waals surface area contributed by atoms with Crippen molar-refractivity contribution < 1.29 is 14.3 Å². The molecule has 1 aliphatic carbocycles. The van der Waals surface area contributed by atoms with Gasteiger partial charge in [0, 0.05) is 24.1 Å². The van der Waals surface area contributed by atoms with Crippen LogP contribution in [0.1, 0.15) is 49.9 Å². The minimum Gasteiger partial charge on any atom is -0.491 e. The van der Waals surface area contributed by atoms with Crippen LogP contribution in [0, 0.1) is 5.92 Å². The second-order valence-electron chi connectivity index (χ2n) is 7.47. The van der Waals surface area contributed by atoms with E-state index >= 15 is 0 Å². The molecule has 1 saturated carbocycles. The summed E-state index contributed by atoms with van der Waals surface area (Å²) >= 11 is 0. The summed E-state index contributed by atoms with van der Waals surface area (Å²) in [4.78, 5) is 27.0. The molecular formula is C20H28N2O3. The number of hydrogen-bond donors (Lipinski definition) is 1. The van der Waals surface area contributed by atoms with Crippen molar-refractivity contribution >= 4 is 11.7 Å². The number of carbonyl (C=O) groups is 2. The lowest BCUT2D eigenvalue weighted by Crippen LogP contribution is -2.44. The number of ketones is 1. The molecule has 25 heavy (non-hydrogen) atoms. The van der Waals surface area contributed by atoms with Crippen molar-refractivity contribution in [1.29, 1.82) is 0 Å². The smallest absolute Gasteiger partial charge is 0.234 e. The van der Waals surface area contributed by atoms with E-state index in [1.165, 1.54) is 0 Å². The van der Waals surface area contributed by atoms with Gasteiger partial charge in [0.15, 0.2) is 5.78 Å². The molecule has 1 amide bonds. The van der Waals surface area contributed by atoms with Gasteiger partial charge in [0.25, 0.3) is 0 Å². The molecule has 0 aromatic heterocycles. The topological polar surface area (TPSA) is 58.6 Å². The molecule has 1 saturated heterocycles. The lowest BCUT2D eigenvalue weighted by molar-refractivity contribution is -0.122. The summed E-state index contributed by atoms with van der Waals surface area (Å²) in [6.45, 7) is 5.89. The van der Waals surface area contributed by atoms with Crippen molar-refractivity contribution in [1.82, 2.24) is 10.2 Å². The van der Waals surface area contributed by atoms with Crippen molar-refractivity contribution in [2.24, 2.45) is 5.92 Å². The molecule has 2 aliphatic rings. The Bertz CT molecular complexity index is 625. The number of rotatable bonds is 7. The number of nitrogens with one attached hydrogen (secondary N) is 1. The van der Waals surface area contributed by atoms with Gasteiger partial charge in [-0.05, 0) is 58.2 Å². The molecule has 1 aliphatic heterocycles. The van der Waals surface area contributed by atoms with Crippen LogP contribution in [-0.4, -0.2) is 48.4 Å². The number of piperidine rings is 1. The van der Waals surface area contributed by atoms with E-state index in [1.54, 1.807) is 0 Å². The third-order valence-corrected chi connectivity index (χ3v) is 4.68. The molecule has 1 heterocycles. The average Bonchev–Trinajstić information content (AvgIpc) is 3.38. The van der Waals surface area contributed by atoms with E-state index in [-0.39, 0.29) is 23.7 Å². The van der Waals surface area contributed by atoms with Crippen molar-refractivity contribution in [2.45, 2.75) is 51.7 Å². The summed E-state index contributed by atoms with van der Waals surface area (Å²) in [6, 6.07) is 7.83. The maximum Gasteiger partial charge on any atom is 0.234 e. The number of amides is 1. The van der Waals surface area contributed by atoms with Crippen LogP contribution in [0.2, 0.25) is 0 Å². The lowest BCUT2D eigenvalue weighted by Gasteiger charge is -2.31. The van der Waals surface area contributed by atoms with E-state index in [9.17, 15) is 9.59 Å². The highest BCUT2D eigenvalue weighted by atomic mass is 16.5. The van der Waals surface area contributed by atoms with Crippen LogP contribution < -0.4 is 10.1 Å². The lowest BCUT2D eigenvalue weighted by atomic mass is 9.90. The minimum atomic E-state index is -0.0447. The number of ether oxygens (including phenoxy) is 1. The monoisotopic (exact) mass is 344 g/mol. The zero-order chi connectivity index (χ0) is 17.8. The van der Waals surface area contributed by atoms with Gasteiger partial charge in [0.05, 0.1) is 12.6 Å².